The molecule has 0 amide bonds. The number of hydrogen-bond donors (Lipinski definition) is 1. The summed E-state index contributed by atoms with van der Waals surface area (Å²) < 4.78 is 0. The SMILES string of the molecule is CCc1csc(N2CCCC(C)C2CN)n1. The Kier molecular flexibility index (Phi) is 3.82. The summed E-state index contributed by atoms with van der Waals surface area (Å²) in [6.07, 6.45) is 3.58. The summed E-state index contributed by atoms with van der Waals surface area (Å²) in [5, 5.41) is 3.33. The molecule has 0 aromatic carbocycles. The fraction of sp³-hybridized carbons (Fsp3) is 0.750. The molecule has 4 heteroatoms. The van der Waals surface area contributed by atoms with Gasteiger partial charge in [-0.3, -0.25) is 0 Å². The van der Waals surface area contributed by atoms with Crippen LogP contribution in [-0.2, 0) is 6.42 Å². The Labute approximate surface area is 102 Å². The molecular formula is C12H21N3S. The van der Waals surface area contributed by atoms with Crippen molar-refractivity contribution >= 4 is 16.5 Å². The molecule has 2 N–H and O–H groups in total. The third-order valence-corrected chi connectivity index (χ3v) is 4.43. The van der Waals surface area contributed by atoms with Gasteiger partial charge in [-0.25, -0.2) is 4.98 Å². The fourth-order valence-electron chi connectivity index (χ4n) is 2.44. The Morgan fingerprint density at radius 2 is 2.44 bits per heavy atom. The van der Waals surface area contributed by atoms with Crippen LogP contribution in [0.3, 0.4) is 0 Å². The predicted octanol–water partition coefficient (Wildman–Crippen LogP) is 2.27. The van der Waals surface area contributed by atoms with E-state index in [0.717, 1.165) is 19.5 Å². The Morgan fingerprint density at radius 3 is 3.06 bits per heavy atom. The van der Waals surface area contributed by atoms with E-state index >= 15 is 0 Å². The van der Waals surface area contributed by atoms with E-state index in [2.05, 4.69) is 29.1 Å². The number of hydrogen-bond acceptors (Lipinski definition) is 4. The molecular weight excluding hydrogens is 218 g/mol. The molecule has 2 unspecified atom stereocenters. The van der Waals surface area contributed by atoms with Crippen molar-refractivity contribution in [3.05, 3.63) is 11.1 Å². The third kappa shape index (κ3) is 2.23. The van der Waals surface area contributed by atoms with Crippen molar-refractivity contribution in [2.24, 2.45) is 11.7 Å². The van der Waals surface area contributed by atoms with Crippen LogP contribution >= 0.6 is 11.3 Å². The predicted molar refractivity (Wildman–Crippen MR) is 70.1 cm³/mol. The van der Waals surface area contributed by atoms with Crippen molar-refractivity contribution in [2.45, 2.75) is 39.2 Å². The quantitative estimate of drug-likeness (QED) is 0.880. The van der Waals surface area contributed by atoms with Crippen LogP contribution in [0.15, 0.2) is 5.38 Å². The zero-order valence-corrected chi connectivity index (χ0v) is 11.0. The number of aromatic nitrogens is 1. The van der Waals surface area contributed by atoms with Crippen LogP contribution in [-0.4, -0.2) is 24.1 Å². The van der Waals surface area contributed by atoms with E-state index in [9.17, 15) is 0 Å². The highest BCUT2D eigenvalue weighted by Gasteiger charge is 2.28. The first-order valence-electron chi connectivity index (χ1n) is 6.17. The van der Waals surface area contributed by atoms with E-state index < -0.39 is 0 Å². The summed E-state index contributed by atoms with van der Waals surface area (Å²) >= 11 is 1.76. The number of thiazole rings is 1. The van der Waals surface area contributed by atoms with Crippen molar-refractivity contribution in [2.75, 3.05) is 18.0 Å². The summed E-state index contributed by atoms with van der Waals surface area (Å²) in [5.41, 5.74) is 7.10. The van der Waals surface area contributed by atoms with Gasteiger partial charge in [0.1, 0.15) is 0 Å². The topological polar surface area (TPSA) is 42.1 Å². The summed E-state index contributed by atoms with van der Waals surface area (Å²) in [4.78, 5) is 7.09. The Hall–Kier alpha value is -0.610. The lowest BCUT2D eigenvalue weighted by Crippen LogP contribution is -2.48. The monoisotopic (exact) mass is 239 g/mol. The van der Waals surface area contributed by atoms with Crippen molar-refractivity contribution < 1.29 is 0 Å². The molecule has 1 fully saturated rings. The molecule has 1 aromatic rings. The zero-order chi connectivity index (χ0) is 11.5. The number of rotatable bonds is 3. The standard InChI is InChI=1S/C12H21N3S/c1-3-10-8-16-12(14-10)15-6-4-5-9(2)11(15)7-13/h8-9,11H,3-7,13H2,1-2H3. The number of aryl methyl sites for hydroxylation is 1. The van der Waals surface area contributed by atoms with Crippen LogP contribution in [0.25, 0.3) is 0 Å². The first kappa shape index (κ1) is 11.9. The Morgan fingerprint density at radius 1 is 1.62 bits per heavy atom. The lowest BCUT2D eigenvalue weighted by Gasteiger charge is -2.39. The highest BCUT2D eigenvalue weighted by atomic mass is 32.1. The Bertz CT molecular complexity index is 337. The van der Waals surface area contributed by atoms with Gasteiger partial charge in [0, 0.05) is 24.5 Å². The van der Waals surface area contributed by atoms with Crippen molar-refractivity contribution in [3.63, 3.8) is 0 Å². The van der Waals surface area contributed by atoms with Crippen LogP contribution in [0.4, 0.5) is 5.13 Å². The number of piperidine rings is 1. The smallest absolute Gasteiger partial charge is 0.185 e. The molecule has 0 saturated carbocycles. The minimum absolute atomic E-state index is 0.476. The van der Waals surface area contributed by atoms with Crippen LogP contribution in [0, 0.1) is 5.92 Å². The van der Waals surface area contributed by atoms with E-state index in [0.29, 0.717) is 12.0 Å². The van der Waals surface area contributed by atoms with Gasteiger partial charge in [0.15, 0.2) is 5.13 Å². The maximum Gasteiger partial charge on any atom is 0.185 e. The fourth-order valence-corrected chi connectivity index (χ4v) is 3.43. The van der Waals surface area contributed by atoms with Crippen LogP contribution in [0.2, 0.25) is 0 Å². The van der Waals surface area contributed by atoms with Gasteiger partial charge in [-0.1, -0.05) is 13.8 Å². The Balaban J connectivity index is 2.17. The summed E-state index contributed by atoms with van der Waals surface area (Å²) in [5.74, 6) is 0.688. The van der Waals surface area contributed by atoms with Gasteiger partial charge >= 0.3 is 0 Å². The number of nitrogens with zero attached hydrogens (tertiary/aromatic N) is 2. The third-order valence-electron chi connectivity index (χ3n) is 3.50. The van der Waals surface area contributed by atoms with Crippen molar-refractivity contribution in [3.8, 4) is 0 Å². The van der Waals surface area contributed by atoms with E-state index in [1.165, 1.54) is 23.7 Å². The van der Waals surface area contributed by atoms with Crippen LogP contribution in [0.5, 0.6) is 0 Å². The molecule has 1 aliphatic heterocycles. The summed E-state index contributed by atoms with van der Waals surface area (Å²) in [6, 6.07) is 0.476. The first-order chi connectivity index (χ1) is 7.76. The highest BCUT2D eigenvalue weighted by molar-refractivity contribution is 7.13. The molecule has 2 heterocycles. The lowest BCUT2D eigenvalue weighted by atomic mass is 9.91. The van der Waals surface area contributed by atoms with Gasteiger partial charge in [-0.2, -0.15) is 0 Å². The molecule has 1 aromatic heterocycles. The largest absolute Gasteiger partial charge is 0.344 e. The molecule has 0 spiro atoms. The van der Waals surface area contributed by atoms with Gasteiger partial charge in [0.25, 0.3) is 0 Å². The second-order valence-electron chi connectivity index (χ2n) is 4.59. The second kappa shape index (κ2) is 5.15. The highest BCUT2D eigenvalue weighted by Crippen LogP contribution is 2.30. The molecule has 1 saturated heterocycles. The van der Waals surface area contributed by atoms with Crippen molar-refractivity contribution in [1.29, 1.82) is 0 Å². The average molecular weight is 239 g/mol. The second-order valence-corrected chi connectivity index (χ2v) is 5.43. The zero-order valence-electron chi connectivity index (χ0n) is 10.1. The van der Waals surface area contributed by atoms with E-state index in [-0.39, 0.29) is 0 Å². The molecule has 1 aliphatic rings. The van der Waals surface area contributed by atoms with Gasteiger partial charge in [0.05, 0.1) is 5.69 Å². The average Bonchev–Trinajstić information content (AvgIpc) is 2.77. The normalized spacial score (nSPS) is 26.1. The minimum Gasteiger partial charge on any atom is -0.344 e. The molecule has 0 radical (unpaired) electrons. The van der Waals surface area contributed by atoms with Crippen molar-refractivity contribution in [1.82, 2.24) is 4.98 Å². The van der Waals surface area contributed by atoms with Gasteiger partial charge in [0.2, 0.25) is 0 Å². The molecule has 90 valence electrons. The summed E-state index contributed by atoms with van der Waals surface area (Å²) in [7, 11) is 0. The minimum atomic E-state index is 0.476. The van der Waals surface area contributed by atoms with E-state index in [1.807, 2.05) is 0 Å². The van der Waals surface area contributed by atoms with Gasteiger partial charge in [-0.05, 0) is 25.2 Å². The number of anilines is 1. The summed E-state index contributed by atoms with van der Waals surface area (Å²) in [6.45, 7) is 6.31. The molecule has 3 nitrogen and oxygen atoms in total. The molecule has 16 heavy (non-hydrogen) atoms. The van der Waals surface area contributed by atoms with E-state index in [4.69, 9.17) is 5.73 Å². The van der Waals surface area contributed by atoms with Gasteiger partial charge < -0.3 is 10.6 Å². The van der Waals surface area contributed by atoms with Gasteiger partial charge in [-0.15, -0.1) is 11.3 Å². The number of nitrogens with two attached hydrogens (primary N) is 1. The van der Waals surface area contributed by atoms with Crippen LogP contribution in [0.1, 0.15) is 32.4 Å². The molecule has 0 aliphatic carbocycles. The molecule has 2 rings (SSSR count). The maximum atomic E-state index is 5.90. The molecule has 0 bridgehead atoms. The molecule has 2 atom stereocenters. The lowest BCUT2D eigenvalue weighted by molar-refractivity contribution is 0.349. The first-order valence-corrected chi connectivity index (χ1v) is 7.05. The van der Waals surface area contributed by atoms with E-state index in [1.54, 1.807) is 11.3 Å². The maximum absolute atomic E-state index is 5.90. The van der Waals surface area contributed by atoms with Crippen LogP contribution < -0.4 is 10.6 Å².